The third kappa shape index (κ3) is 10.2. The van der Waals surface area contributed by atoms with Gasteiger partial charge in [0.2, 0.25) is 0 Å². The first-order chi connectivity index (χ1) is 27.2. The standard InChI is InChI=1S/C43H59NO15/c1-22(2)17-29(44-39(52)59-40(7,8)9)34(49)38(51)56-31-20-43(53)36(57-37(50)27-15-13-12-14-16-27)24(4)42(58-26(6)46)21-54-32(42)19-28(47)18-30(48)35(55-25(5)45)33(23(31)3)41(43,10)11/h12-17,24,28-29,31-32,34-36,47,49,53H,18-21H2,1-11H3,(H,44,52)/t24-,28-,29+,31+,32-,34-,35+,36+,42-,43-/m1/s1. The van der Waals surface area contributed by atoms with Crippen molar-refractivity contribution in [2.75, 3.05) is 6.61 Å². The van der Waals surface area contributed by atoms with Crippen LogP contribution in [0.3, 0.4) is 0 Å². The molecule has 4 N–H and O–H groups in total. The van der Waals surface area contributed by atoms with Crippen molar-refractivity contribution in [2.45, 2.75) is 155 Å². The molecule has 16 heteroatoms. The minimum absolute atomic E-state index is 0.0184. The van der Waals surface area contributed by atoms with Crippen LogP contribution < -0.4 is 5.32 Å². The Bertz CT molecular complexity index is 1840. The van der Waals surface area contributed by atoms with Crippen molar-refractivity contribution in [1.82, 2.24) is 5.32 Å². The van der Waals surface area contributed by atoms with E-state index < -0.39 is 119 Å². The van der Waals surface area contributed by atoms with Gasteiger partial charge in [0.05, 0.1) is 24.3 Å². The number of alkyl carbamates (subject to hydrolysis) is 1. The van der Waals surface area contributed by atoms with Gasteiger partial charge in [0.15, 0.2) is 23.6 Å². The van der Waals surface area contributed by atoms with Gasteiger partial charge in [-0.3, -0.25) is 14.4 Å². The van der Waals surface area contributed by atoms with Crippen molar-refractivity contribution >= 4 is 35.8 Å². The van der Waals surface area contributed by atoms with Crippen molar-refractivity contribution in [2.24, 2.45) is 11.3 Å². The van der Waals surface area contributed by atoms with Crippen molar-refractivity contribution in [3.05, 3.63) is 58.7 Å². The number of carbonyl (C=O) groups excluding carboxylic acids is 6. The quantitative estimate of drug-likeness (QED) is 0.158. The van der Waals surface area contributed by atoms with Crippen LogP contribution >= 0.6 is 0 Å². The van der Waals surface area contributed by atoms with Gasteiger partial charge in [0, 0.05) is 44.4 Å². The highest BCUT2D eigenvalue weighted by molar-refractivity contribution is 5.90. The average Bonchev–Trinajstić information content (AvgIpc) is 3.10. The first-order valence-electron chi connectivity index (χ1n) is 19.7. The number of allylic oxidation sites excluding steroid dienone is 1. The summed E-state index contributed by atoms with van der Waals surface area (Å²) in [6, 6.07) is 6.55. The molecule has 1 aromatic rings. The van der Waals surface area contributed by atoms with Crippen molar-refractivity contribution < 1.29 is 72.5 Å². The van der Waals surface area contributed by atoms with Gasteiger partial charge in [-0.05, 0) is 64.8 Å². The summed E-state index contributed by atoms with van der Waals surface area (Å²) in [5.74, 6) is -5.64. The number of carbonyl (C=O) groups is 6. The molecule has 1 aromatic carbocycles. The number of benzene rings is 1. The summed E-state index contributed by atoms with van der Waals surface area (Å²) in [7, 11) is 0. The van der Waals surface area contributed by atoms with Crippen LogP contribution in [0.4, 0.5) is 4.79 Å². The summed E-state index contributed by atoms with van der Waals surface area (Å²) in [6.45, 7) is 16.5. The summed E-state index contributed by atoms with van der Waals surface area (Å²) in [5, 5.41) is 38.7. The van der Waals surface area contributed by atoms with E-state index >= 15 is 0 Å². The first kappa shape index (κ1) is 47.0. The Morgan fingerprint density at radius 3 is 2.14 bits per heavy atom. The summed E-state index contributed by atoms with van der Waals surface area (Å²) in [6.07, 6.45) is -10.2. The molecule has 4 rings (SSSR count). The van der Waals surface area contributed by atoms with Gasteiger partial charge in [-0.25, -0.2) is 14.4 Å². The number of hydrogen-bond acceptors (Lipinski definition) is 15. The molecule has 0 aromatic heterocycles. The highest BCUT2D eigenvalue weighted by Gasteiger charge is 2.67. The number of ketones is 1. The molecule has 3 aliphatic rings. The highest BCUT2D eigenvalue weighted by atomic mass is 16.6. The third-order valence-electron chi connectivity index (χ3n) is 11.3. The highest BCUT2D eigenvalue weighted by Crippen LogP contribution is 2.56. The van der Waals surface area contributed by atoms with E-state index in [-0.39, 0.29) is 29.7 Å². The molecule has 10 atom stereocenters. The van der Waals surface area contributed by atoms with Gasteiger partial charge in [-0.1, -0.05) is 50.6 Å². The molecular weight excluding hydrogens is 770 g/mol. The van der Waals surface area contributed by atoms with E-state index in [2.05, 4.69) is 5.32 Å². The second-order valence-electron chi connectivity index (χ2n) is 17.5. The van der Waals surface area contributed by atoms with Crippen LogP contribution in [0.2, 0.25) is 0 Å². The smallest absolute Gasteiger partial charge is 0.408 e. The first-order valence-corrected chi connectivity index (χ1v) is 19.7. The zero-order valence-corrected chi connectivity index (χ0v) is 35.7. The van der Waals surface area contributed by atoms with E-state index in [0.29, 0.717) is 5.57 Å². The van der Waals surface area contributed by atoms with E-state index in [0.717, 1.165) is 6.92 Å². The number of amides is 1. The molecule has 2 aliphatic carbocycles. The normalized spacial score (nSPS) is 30.3. The molecule has 1 amide bonds. The molecule has 1 saturated carbocycles. The maximum Gasteiger partial charge on any atom is 0.408 e. The van der Waals surface area contributed by atoms with Gasteiger partial charge in [-0.15, -0.1) is 0 Å². The van der Waals surface area contributed by atoms with Crippen LogP contribution in [0.25, 0.3) is 0 Å². The lowest BCUT2D eigenvalue weighted by atomic mass is 9.54. The number of fused-ring (bicyclic) bond motifs is 3. The van der Waals surface area contributed by atoms with Crippen LogP contribution in [-0.4, -0.2) is 117 Å². The van der Waals surface area contributed by atoms with Crippen LogP contribution in [0.15, 0.2) is 53.1 Å². The molecule has 59 heavy (non-hydrogen) atoms. The Labute approximate surface area is 344 Å². The number of ether oxygens (including phenoxy) is 6. The Hall–Kier alpha value is -4.64. The minimum Gasteiger partial charge on any atom is -0.456 e. The summed E-state index contributed by atoms with van der Waals surface area (Å²) in [4.78, 5) is 80.6. The number of aliphatic hydroxyl groups excluding tert-OH is 2. The number of rotatable bonds is 9. The number of nitrogens with one attached hydrogen (secondary N) is 1. The number of aliphatic hydroxyl groups is 3. The van der Waals surface area contributed by atoms with Crippen LogP contribution in [0.5, 0.6) is 0 Å². The van der Waals surface area contributed by atoms with E-state index in [1.165, 1.54) is 32.1 Å². The van der Waals surface area contributed by atoms with Gasteiger partial charge < -0.3 is 49.1 Å². The maximum absolute atomic E-state index is 14.2. The van der Waals surface area contributed by atoms with E-state index in [1.807, 2.05) is 0 Å². The summed E-state index contributed by atoms with van der Waals surface area (Å²) in [5.41, 5.74) is -5.69. The van der Waals surface area contributed by atoms with Crippen LogP contribution in [0, 0.1) is 11.3 Å². The fourth-order valence-electron chi connectivity index (χ4n) is 8.36. The number of esters is 4. The molecule has 0 unspecified atom stereocenters. The maximum atomic E-state index is 14.2. The number of hydrogen-bond donors (Lipinski definition) is 4. The zero-order valence-electron chi connectivity index (χ0n) is 35.7. The lowest BCUT2D eigenvalue weighted by Crippen LogP contribution is -2.72. The van der Waals surface area contributed by atoms with Crippen LogP contribution in [-0.2, 0) is 47.6 Å². The lowest BCUT2D eigenvalue weighted by Gasteiger charge is -2.59. The summed E-state index contributed by atoms with van der Waals surface area (Å²) >= 11 is 0. The molecular formula is C43H59NO15. The van der Waals surface area contributed by atoms with Gasteiger partial charge in [-0.2, -0.15) is 0 Å². The molecule has 2 bridgehead atoms. The molecule has 326 valence electrons. The van der Waals surface area contributed by atoms with Gasteiger partial charge in [0.25, 0.3) is 0 Å². The fraction of sp³-hybridized carbons (Fsp3) is 0.628. The monoisotopic (exact) mass is 829 g/mol. The Morgan fingerprint density at radius 2 is 1.61 bits per heavy atom. The molecule has 0 radical (unpaired) electrons. The van der Waals surface area contributed by atoms with Crippen LogP contribution in [0.1, 0.15) is 106 Å². The van der Waals surface area contributed by atoms with Crippen molar-refractivity contribution in [1.29, 1.82) is 0 Å². The molecule has 1 saturated heterocycles. The van der Waals surface area contributed by atoms with Gasteiger partial charge in [0.1, 0.15) is 29.5 Å². The lowest BCUT2D eigenvalue weighted by molar-refractivity contribution is -0.301. The Balaban J connectivity index is 1.96. The molecule has 2 fully saturated rings. The second-order valence-corrected chi connectivity index (χ2v) is 17.5. The van der Waals surface area contributed by atoms with Crippen molar-refractivity contribution in [3.63, 3.8) is 0 Å². The SMILES string of the molecule is CC(=O)O[C@H]1C(=O)C[C@@H](O)C[C@H]2OC[C@@]2(OC(C)=O)[C@H](C)[C@H](OC(=O)c2ccccc2)[C@]2(O)C[C@H](OC(=O)[C@H](O)[C@H](C=C(C)C)NC(=O)OC(C)(C)C)C(C)=C1C2(C)C. The molecule has 0 spiro atoms. The largest absolute Gasteiger partial charge is 0.456 e. The van der Waals surface area contributed by atoms with E-state index in [4.69, 9.17) is 28.4 Å². The predicted octanol–water partition coefficient (Wildman–Crippen LogP) is 3.81. The predicted molar refractivity (Wildman–Crippen MR) is 209 cm³/mol. The van der Waals surface area contributed by atoms with Crippen molar-refractivity contribution in [3.8, 4) is 0 Å². The molecule has 1 aliphatic heterocycles. The van der Waals surface area contributed by atoms with E-state index in [1.54, 1.807) is 73.6 Å². The average molecular weight is 830 g/mol. The fourth-order valence-corrected chi connectivity index (χ4v) is 8.36. The Morgan fingerprint density at radius 1 is 0.983 bits per heavy atom. The third-order valence-corrected chi connectivity index (χ3v) is 11.3. The Kier molecular flexibility index (Phi) is 14.3. The molecule has 16 nitrogen and oxygen atoms in total. The molecule has 1 heterocycles. The van der Waals surface area contributed by atoms with Gasteiger partial charge >= 0.3 is 30.0 Å². The topological polar surface area (TPSA) is 231 Å². The minimum atomic E-state index is -2.35. The second kappa shape index (κ2) is 17.9. The summed E-state index contributed by atoms with van der Waals surface area (Å²) < 4.78 is 35.1. The zero-order chi connectivity index (χ0) is 44.4. The van der Waals surface area contributed by atoms with E-state index in [9.17, 15) is 44.1 Å². The number of Topliss-reactive ketones (excluding diaryl/α,β-unsaturated/α-hetero) is 1.